The standard InChI is InChI=1S/C26H32N8S/c27-19-6-8-20(9-7-19)31-26-32-24(23-25(33-26)34(16-30-23)21-3-1-2-4-21)29-14-17-5-10-22(28-13-17)18-11-12-35-15-18/h5,10-13,15-16,19-21H,1-4,6-9,14,27H2,(H2,29,31,32,33). The van der Waals surface area contributed by atoms with E-state index in [9.17, 15) is 0 Å². The van der Waals surface area contributed by atoms with Crippen LogP contribution in [0.3, 0.4) is 0 Å². The molecular formula is C26H32N8S. The Morgan fingerprint density at radius 1 is 1.00 bits per heavy atom. The fraction of sp³-hybridized carbons (Fsp3) is 0.462. The quantitative estimate of drug-likeness (QED) is 0.321. The topological polar surface area (TPSA) is 107 Å². The van der Waals surface area contributed by atoms with Crippen LogP contribution >= 0.6 is 11.3 Å². The number of fused-ring (bicyclic) bond motifs is 1. The van der Waals surface area contributed by atoms with Crippen LogP contribution < -0.4 is 16.4 Å². The maximum Gasteiger partial charge on any atom is 0.227 e. The number of nitrogens with zero attached hydrogens (tertiary/aromatic N) is 5. The lowest BCUT2D eigenvalue weighted by Crippen LogP contribution is -2.33. The number of anilines is 2. The third kappa shape index (κ3) is 4.88. The summed E-state index contributed by atoms with van der Waals surface area (Å²) in [7, 11) is 0. The van der Waals surface area contributed by atoms with Crippen molar-refractivity contribution in [3.63, 3.8) is 0 Å². The normalized spacial score (nSPS) is 20.9. The van der Waals surface area contributed by atoms with Crippen LogP contribution in [0.5, 0.6) is 0 Å². The van der Waals surface area contributed by atoms with Crippen LogP contribution in [0.15, 0.2) is 41.5 Å². The van der Waals surface area contributed by atoms with Gasteiger partial charge in [0.05, 0.1) is 12.0 Å². The SMILES string of the molecule is NC1CCC(Nc2nc(NCc3ccc(-c4ccsc4)nc3)c3ncn(C4CCCC4)c3n2)CC1. The summed E-state index contributed by atoms with van der Waals surface area (Å²) in [5, 5.41) is 11.3. The van der Waals surface area contributed by atoms with Crippen LogP contribution in [0, 0.1) is 0 Å². The number of hydrogen-bond acceptors (Lipinski definition) is 8. The summed E-state index contributed by atoms with van der Waals surface area (Å²) >= 11 is 1.68. The van der Waals surface area contributed by atoms with Crippen LogP contribution in [0.1, 0.15) is 63.0 Å². The zero-order chi connectivity index (χ0) is 23.6. The number of rotatable bonds is 7. The number of hydrogen-bond donors (Lipinski definition) is 3. The third-order valence-electron chi connectivity index (χ3n) is 7.35. The van der Waals surface area contributed by atoms with Gasteiger partial charge in [0.15, 0.2) is 17.0 Å². The van der Waals surface area contributed by atoms with Gasteiger partial charge in [-0.05, 0) is 61.6 Å². The first-order valence-electron chi connectivity index (χ1n) is 12.7. The molecule has 0 aliphatic heterocycles. The number of nitrogens with one attached hydrogen (secondary N) is 2. The van der Waals surface area contributed by atoms with E-state index in [0.717, 1.165) is 59.5 Å². The number of nitrogens with two attached hydrogens (primary N) is 1. The minimum Gasteiger partial charge on any atom is -0.364 e. The lowest BCUT2D eigenvalue weighted by atomic mass is 9.92. The molecule has 6 rings (SSSR count). The van der Waals surface area contributed by atoms with Crippen molar-refractivity contribution in [2.75, 3.05) is 10.6 Å². The molecule has 2 aliphatic carbocycles. The molecule has 4 heterocycles. The second kappa shape index (κ2) is 9.91. The molecule has 4 N–H and O–H groups in total. The van der Waals surface area contributed by atoms with E-state index in [1.807, 2.05) is 12.5 Å². The Morgan fingerprint density at radius 3 is 2.60 bits per heavy atom. The predicted octanol–water partition coefficient (Wildman–Crippen LogP) is 5.36. The minimum absolute atomic E-state index is 0.317. The van der Waals surface area contributed by atoms with Crippen molar-refractivity contribution in [1.29, 1.82) is 0 Å². The van der Waals surface area contributed by atoms with Crippen molar-refractivity contribution >= 4 is 34.3 Å². The molecule has 0 unspecified atom stereocenters. The lowest BCUT2D eigenvalue weighted by Gasteiger charge is -2.27. The van der Waals surface area contributed by atoms with Gasteiger partial charge in [0.2, 0.25) is 5.95 Å². The molecule has 4 aromatic heterocycles. The summed E-state index contributed by atoms with van der Waals surface area (Å²) in [4.78, 5) is 19.2. The number of pyridine rings is 1. The van der Waals surface area contributed by atoms with E-state index in [-0.39, 0.29) is 0 Å². The van der Waals surface area contributed by atoms with Gasteiger partial charge in [-0.3, -0.25) is 4.98 Å². The molecule has 0 saturated heterocycles. The zero-order valence-corrected chi connectivity index (χ0v) is 20.7. The van der Waals surface area contributed by atoms with Gasteiger partial charge in [-0.25, -0.2) is 4.98 Å². The number of imidazole rings is 1. The minimum atomic E-state index is 0.317. The van der Waals surface area contributed by atoms with Gasteiger partial charge in [0.25, 0.3) is 0 Å². The largest absolute Gasteiger partial charge is 0.364 e. The van der Waals surface area contributed by atoms with Crippen molar-refractivity contribution in [3.8, 4) is 11.3 Å². The number of aromatic nitrogens is 5. The van der Waals surface area contributed by atoms with Gasteiger partial charge >= 0.3 is 0 Å². The molecule has 0 amide bonds. The molecule has 2 aliphatic rings. The Hall–Kier alpha value is -3.04. The highest BCUT2D eigenvalue weighted by molar-refractivity contribution is 7.08. The van der Waals surface area contributed by atoms with Crippen molar-refractivity contribution < 1.29 is 0 Å². The van der Waals surface area contributed by atoms with Crippen LogP contribution in [0.2, 0.25) is 0 Å². The van der Waals surface area contributed by atoms with Gasteiger partial charge in [-0.1, -0.05) is 18.9 Å². The summed E-state index contributed by atoms with van der Waals surface area (Å²) in [6, 6.07) is 7.43. The van der Waals surface area contributed by atoms with Gasteiger partial charge in [-0.15, -0.1) is 0 Å². The summed E-state index contributed by atoms with van der Waals surface area (Å²) in [6.45, 7) is 0.622. The fourth-order valence-electron chi connectivity index (χ4n) is 5.30. The van der Waals surface area contributed by atoms with Crippen LogP contribution in [-0.4, -0.2) is 36.6 Å². The molecular weight excluding hydrogens is 456 g/mol. The first kappa shape index (κ1) is 22.4. The molecule has 0 bridgehead atoms. The molecule has 4 aromatic rings. The highest BCUT2D eigenvalue weighted by atomic mass is 32.1. The second-order valence-electron chi connectivity index (χ2n) is 9.83. The predicted molar refractivity (Wildman–Crippen MR) is 142 cm³/mol. The first-order chi connectivity index (χ1) is 17.2. The summed E-state index contributed by atoms with van der Waals surface area (Å²) in [5.74, 6) is 1.44. The number of thiophene rings is 1. The molecule has 9 heteroatoms. The van der Waals surface area contributed by atoms with Gasteiger partial charge in [-0.2, -0.15) is 21.3 Å². The Labute approximate surface area is 209 Å². The van der Waals surface area contributed by atoms with E-state index in [1.54, 1.807) is 11.3 Å². The zero-order valence-electron chi connectivity index (χ0n) is 19.9. The molecule has 8 nitrogen and oxygen atoms in total. The summed E-state index contributed by atoms with van der Waals surface area (Å²) in [5.41, 5.74) is 11.1. The van der Waals surface area contributed by atoms with Gasteiger partial charge in [0, 0.05) is 41.8 Å². The maximum atomic E-state index is 6.11. The highest BCUT2D eigenvalue weighted by Crippen LogP contribution is 2.33. The lowest BCUT2D eigenvalue weighted by molar-refractivity contribution is 0.410. The Bertz CT molecular complexity index is 1250. The van der Waals surface area contributed by atoms with Crippen molar-refractivity contribution in [1.82, 2.24) is 24.5 Å². The van der Waals surface area contributed by atoms with E-state index < -0.39 is 0 Å². The van der Waals surface area contributed by atoms with E-state index >= 15 is 0 Å². The molecule has 0 radical (unpaired) electrons. The van der Waals surface area contributed by atoms with Crippen LogP contribution in [-0.2, 0) is 6.54 Å². The van der Waals surface area contributed by atoms with Crippen LogP contribution in [0.4, 0.5) is 11.8 Å². The average molecular weight is 489 g/mol. The van der Waals surface area contributed by atoms with E-state index in [4.69, 9.17) is 20.7 Å². The fourth-order valence-corrected chi connectivity index (χ4v) is 5.95. The molecule has 0 aromatic carbocycles. The smallest absolute Gasteiger partial charge is 0.227 e. The Morgan fingerprint density at radius 2 is 1.86 bits per heavy atom. The summed E-state index contributed by atoms with van der Waals surface area (Å²) in [6.07, 6.45) is 13.0. The monoisotopic (exact) mass is 488 g/mol. The Kier molecular flexibility index (Phi) is 6.35. The van der Waals surface area contributed by atoms with Crippen LogP contribution in [0.25, 0.3) is 22.4 Å². The van der Waals surface area contributed by atoms with Crippen molar-refractivity contribution in [3.05, 3.63) is 47.0 Å². The Balaban J connectivity index is 1.25. The third-order valence-corrected chi connectivity index (χ3v) is 8.03. The van der Waals surface area contributed by atoms with Crippen molar-refractivity contribution in [2.45, 2.75) is 76.0 Å². The average Bonchev–Trinajstić information content (AvgIpc) is 3.66. The molecule has 0 atom stereocenters. The molecule has 0 spiro atoms. The van der Waals surface area contributed by atoms with Crippen molar-refractivity contribution in [2.24, 2.45) is 5.73 Å². The highest BCUT2D eigenvalue weighted by Gasteiger charge is 2.23. The van der Waals surface area contributed by atoms with E-state index in [2.05, 4.69) is 49.1 Å². The molecule has 35 heavy (non-hydrogen) atoms. The van der Waals surface area contributed by atoms with Gasteiger partial charge in [0.1, 0.15) is 0 Å². The molecule has 2 fully saturated rings. The van der Waals surface area contributed by atoms with E-state index in [0.29, 0.717) is 30.6 Å². The molecule has 182 valence electrons. The maximum absolute atomic E-state index is 6.11. The van der Waals surface area contributed by atoms with E-state index in [1.165, 1.54) is 25.7 Å². The first-order valence-corrected chi connectivity index (χ1v) is 13.7. The summed E-state index contributed by atoms with van der Waals surface area (Å²) < 4.78 is 2.26. The second-order valence-corrected chi connectivity index (χ2v) is 10.6. The van der Waals surface area contributed by atoms with Gasteiger partial charge < -0.3 is 20.9 Å². The molecule has 2 saturated carbocycles.